The van der Waals surface area contributed by atoms with Gasteiger partial charge in [0.2, 0.25) is 0 Å². The molecule has 0 saturated heterocycles. The maximum absolute atomic E-state index is 12.3. The molecule has 0 aromatic carbocycles. The lowest BCUT2D eigenvalue weighted by Crippen LogP contribution is -2.28. The highest BCUT2D eigenvalue weighted by molar-refractivity contribution is 7.54. The fraction of sp³-hybridized carbons (Fsp3) is 1.00. The van der Waals surface area contributed by atoms with Crippen LogP contribution in [0.25, 0.3) is 0 Å². The van der Waals surface area contributed by atoms with Gasteiger partial charge in [-0.25, -0.2) is 0 Å². The Morgan fingerprint density at radius 2 is 1.44 bits per heavy atom. The SMILES string of the molecule is CCOP(=O)(OCC)C(C)C(OC)OC.O. The molecular weight excluding hydrogens is 235 g/mol. The molecule has 0 aromatic heterocycles. The summed E-state index contributed by atoms with van der Waals surface area (Å²) in [5.41, 5.74) is -0.451. The molecule has 1 atom stereocenters. The van der Waals surface area contributed by atoms with Crippen molar-refractivity contribution >= 4 is 7.60 Å². The second-order valence-corrected chi connectivity index (χ2v) is 5.37. The number of hydrogen-bond donors (Lipinski definition) is 0. The van der Waals surface area contributed by atoms with E-state index in [9.17, 15) is 4.57 Å². The van der Waals surface area contributed by atoms with Crippen molar-refractivity contribution in [3.63, 3.8) is 0 Å². The van der Waals surface area contributed by atoms with Crippen LogP contribution in [0, 0.1) is 0 Å². The van der Waals surface area contributed by atoms with E-state index in [4.69, 9.17) is 18.5 Å². The van der Waals surface area contributed by atoms with Gasteiger partial charge in [0, 0.05) is 14.2 Å². The molecule has 0 fully saturated rings. The highest BCUT2D eigenvalue weighted by Crippen LogP contribution is 2.54. The van der Waals surface area contributed by atoms with Gasteiger partial charge in [0.05, 0.1) is 13.2 Å². The summed E-state index contributed by atoms with van der Waals surface area (Å²) in [5.74, 6) is 0. The van der Waals surface area contributed by atoms with E-state index in [0.717, 1.165) is 0 Å². The van der Waals surface area contributed by atoms with Gasteiger partial charge in [0.25, 0.3) is 0 Å². The summed E-state index contributed by atoms with van der Waals surface area (Å²) in [5, 5.41) is 0. The molecule has 0 saturated carbocycles. The van der Waals surface area contributed by atoms with Gasteiger partial charge in [-0.15, -0.1) is 0 Å². The van der Waals surface area contributed by atoms with Crippen LogP contribution >= 0.6 is 7.60 Å². The van der Waals surface area contributed by atoms with Crippen molar-refractivity contribution in [3.05, 3.63) is 0 Å². The number of hydrogen-bond acceptors (Lipinski definition) is 5. The van der Waals surface area contributed by atoms with Crippen molar-refractivity contribution in [1.29, 1.82) is 0 Å². The summed E-state index contributed by atoms with van der Waals surface area (Å²) >= 11 is 0. The Morgan fingerprint density at radius 3 is 1.69 bits per heavy atom. The van der Waals surface area contributed by atoms with E-state index in [-0.39, 0.29) is 5.48 Å². The molecule has 0 aliphatic heterocycles. The minimum absolute atomic E-state index is 0. The van der Waals surface area contributed by atoms with Crippen LogP contribution in [-0.2, 0) is 23.1 Å². The van der Waals surface area contributed by atoms with Crippen LogP contribution in [-0.4, -0.2) is 44.9 Å². The van der Waals surface area contributed by atoms with E-state index in [1.807, 2.05) is 0 Å². The second-order valence-electron chi connectivity index (χ2n) is 2.96. The third kappa shape index (κ3) is 4.91. The second kappa shape index (κ2) is 9.10. The molecule has 0 rings (SSSR count). The normalized spacial score (nSPS) is 13.6. The third-order valence-corrected chi connectivity index (χ3v) is 4.45. The van der Waals surface area contributed by atoms with Crippen LogP contribution in [0.3, 0.4) is 0 Å². The topological polar surface area (TPSA) is 85.5 Å². The van der Waals surface area contributed by atoms with Crippen molar-refractivity contribution < 1.29 is 28.6 Å². The smallest absolute Gasteiger partial charge is 0.338 e. The molecule has 7 heteroatoms. The summed E-state index contributed by atoms with van der Waals surface area (Å²) in [7, 11) is -0.164. The standard InChI is InChI=1S/C9H21O5P.H2O/c1-6-13-15(10,14-7-2)8(3)9(11-4)12-5;/h8-9H,6-7H2,1-5H3;1H2. The van der Waals surface area contributed by atoms with Crippen molar-refractivity contribution in [2.24, 2.45) is 0 Å². The zero-order valence-corrected chi connectivity index (χ0v) is 11.5. The zero-order chi connectivity index (χ0) is 11.9. The first-order valence-corrected chi connectivity index (χ1v) is 6.61. The molecule has 100 valence electrons. The highest BCUT2D eigenvalue weighted by atomic mass is 31.2. The van der Waals surface area contributed by atoms with Gasteiger partial charge >= 0.3 is 7.60 Å². The molecule has 0 aliphatic carbocycles. The molecule has 0 spiro atoms. The van der Waals surface area contributed by atoms with Gasteiger partial charge < -0.3 is 24.0 Å². The largest absolute Gasteiger partial charge is 0.412 e. The maximum Gasteiger partial charge on any atom is 0.338 e. The van der Waals surface area contributed by atoms with E-state index < -0.39 is 19.5 Å². The fourth-order valence-corrected chi connectivity index (χ4v) is 3.08. The van der Waals surface area contributed by atoms with Crippen molar-refractivity contribution in [2.45, 2.75) is 32.7 Å². The average molecular weight is 258 g/mol. The Kier molecular flexibility index (Phi) is 10.5. The Hall–Kier alpha value is 0.0300. The molecule has 0 aliphatic rings. The fourth-order valence-electron chi connectivity index (χ4n) is 1.27. The van der Waals surface area contributed by atoms with Gasteiger partial charge in [0.15, 0.2) is 6.29 Å². The van der Waals surface area contributed by atoms with E-state index in [1.54, 1.807) is 20.8 Å². The Bertz CT molecular complexity index is 196. The summed E-state index contributed by atoms with van der Waals surface area (Å²) in [6.45, 7) is 5.94. The van der Waals surface area contributed by atoms with E-state index in [2.05, 4.69) is 0 Å². The first-order chi connectivity index (χ1) is 7.05. The minimum Gasteiger partial charge on any atom is -0.412 e. The monoisotopic (exact) mass is 258 g/mol. The summed E-state index contributed by atoms with van der Waals surface area (Å²) in [6, 6.07) is 0. The van der Waals surface area contributed by atoms with Gasteiger partial charge in [-0.2, -0.15) is 0 Å². The van der Waals surface area contributed by atoms with Crippen LogP contribution in [0.2, 0.25) is 0 Å². The molecule has 0 aromatic rings. The third-order valence-electron chi connectivity index (χ3n) is 1.98. The Balaban J connectivity index is 0. The molecular formula is C9H23O6P. The predicted octanol–water partition coefficient (Wildman–Crippen LogP) is 1.44. The van der Waals surface area contributed by atoms with Crippen LogP contribution in [0.1, 0.15) is 20.8 Å². The van der Waals surface area contributed by atoms with Gasteiger partial charge in [-0.1, -0.05) is 0 Å². The van der Waals surface area contributed by atoms with Crippen molar-refractivity contribution in [2.75, 3.05) is 27.4 Å². The van der Waals surface area contributed by atoms with Crippen LogP contribution in [0.15, 0.2) is 0 Å². The summed E-state index contributed by atoms with van der Waals surface area (Å²) < 4.78 is 32.7. The van der Waals surface area contributed by atoms with Crippen LogP contribution in [0.5, 0.6) is 0 Å². The van der Waals surface area contributed by atoms with E-state index >= 15 is 0 Å². The number of rotatable bonds is 8. The lowest BCUT2D eigenvalue weighted by molar-refractivity contribution is -0.104. The van der Waals surface area contributed by atoms with E-state index in [1.165, 1.54) is 14.2 Å². The summed E-state index contributed by atoms with van der Waals surface area (Å²) in [6.07, 6.45) is -0.589. The van der Waals surface area contributed by atoms with Gasteiger partial charge in [-0.3, -0.25) is 4.57 Å². The molecule has 2 N–H and O–H groups in total. The Labute approximate surface area is 97.1 Å². The first-order valence-electron chi connectivity index (χ1n) is 5.00. The van der Waals surface area contributed by atoms with Gasteiger partial charge in [-0.05, 0) is 20.8 Å². The molecule has 0 heterocycles. The molecule has 0 bridgehead atoms. The predicted molar refractivity (Wildman–Crippen MR) is 61.7 cm³/mol. The highest BCUT2D eigenvalue weighted by Gasteiger charge is 2.38. The zero-order valence-electron chi connectivity index (χ0n) is 10.6. The molecule has 0 amide bonds. The van der Waals surface area contributed by atoms with Crippen LogP contribution < -0.4 is 0 Å². The number of ether oxygens (including phenoxy) is 2. The molecule has 6 nitrogen and oxygen atoms in total. The quantitative estimate of drug-likeness (QED) is 0.485. The van der Waals surface area contributed by atoms with E-state index in [0.29, 0.717) is 13.2 Å². The molecule has 0 radical (unpaired) electrons. The lowest BCUT2D eigenvalue weighted by atomic mass is 10.5. The van der Waals surface area contributed by atoms with Crippen molar-refractivity contribution in [1.82, 2.24) is 0 Å². The first kappa shape index (κ1) is 18.4. The lowest BCUT2D eigenvalue weighted by Gasteiger charge is -2.27. The Morgan fingerprint density at radius 1 is 1.06 bits per heavy atom. The maximum atomic E-state index is 12.3. The van der Waals surface area contributed by atoms with Crippen LogP contribution in [0.4, 0.5) is 0 Å². The summed E-state index contributed by atoms with van der Waals surface area (Å²) in [4.78, 5) is 0. The molecule has 1 unspecified atom stereocenters. The van der Waals surface area contributed by atoms with Gasteiger partial charge in [0.1, 0.15) is 5.66 Å². The minimum atomic E-state index is -3.15. The average Bonchev–Trinajstić information content (AvgIpc) is 2.20. The number of methoxy groups -OCH3 is 2. The molecule has 16 heavy (non-hydrogen) atoms. The van der Waals surface area contributed by atoms with Crippen molar-refractivity contribution in [3.8, 4) is 0 Å².